The van der Waals surface area contributed by atoms with E-state index in [-0.39, 0.29) is 6.42 Å². The van der Waals surface area contributed by atoms with Gasteiger partial charge in [-0.25, -0.2) is 0 Å². The second-order valence-electron chi connectivity index (χ2n) is 1.70. The highest BCUT2D eigenvalue weighted by molar-refractivity contribution is 5.84. The molecule has 0 rings (SSSR count). The van der Waals surface area contributed by atoms with E-state index >= 15 is 0 Å². The van der Waals surface area contributed by atoms with E-state index in [9.17, 15) is 9.59 Å². The second kappa shape index (κ2) is 3.84. The Morgan fingerprint density at radius 1 is 1.70 bits per heavy atom. The van der Waals surface area contributed by atoms with Gasteiger partial charge >= 0.3 is 5.97 Å². The highest BCUT2D eigenvalue weighted by atomic mass is 16.5. The van der Waals surface area contributed by atoms with Crippen molar-refractivity contribution in [2.45, 2.75) is 12.5 Å². The first-order valence-corrected chi connectivity index (χ1v) is 2.62. The Bertz CT molecular complexity index is 145. The number of carbonyl (C=O) groups is 2. The van der Waals surface area contributed by atoms with Gasteiger partial charge in [-0.2, -0.15) is 0 Å². The van der Waals surface area contributed by atoms with Crippen LogP contribution in [-0.2, 0) is 14.3 Å². The molecule has 0 spiro atoms. The Morgan fingerprint density at radius 3 is 2.50 bits per heavy atom. The van der Waals surface area contributed by atoms with E-state index in [2.05, 4.69) is 10.5 Å². The van der Waals surface area contributed by atoms with Gasteiger partial charge in [-0.1, -0.05) is 0 Å². The van der Waals surface area contributed by atoms with Crippen LogP contribution in [0.15, 0.2) is 0 Å². The van der Waals surface area contributed by atoms with Gasteiger partial charge in [-0.15, -0.1) is 0 Å². The number of primary amides is 1. The molecule has 0 radical (unpaired) electrons. The van der Waals surface area contributed by atoms with E-state index in [0.717, 1.165) is 7.11 Å². The van der Waals surface area contributed by atoms with E-state index in [1.165, 1.54) is 0 Å². The average molecular weight is 147 g/mol. The monoisotopic (exact) mass is 147 g/mol. The number of ether oxygens (including phenoxy) is 1. The topological polar surface area (TPSA) is 89.6 Å². The standard InChI is InChI=1S/C5H9NO4/c1-10-4(8)2-3(7)5(6)9/h3,7H,2H2,1H3,(H2,6,9)/t3-/m0/s1. The number of aliphatic hydroxyl groups is 1. The first kappa shape index (κ1) is 8.90. The first-order chi connectivity index (χ1) is 4.57. The van der Waals surface area contributed by atoms with Crippen molar-refractivity contribution in [3.8, 4) is 0 Å². The second-order valence-corrected chi connectivity index (χ2v) is 1.70. The van der Waals surface area contributed by atoms with Crippen LogP contribution in [0.5, 0.6) is 0 Å². The Morgan fingerprint density at radius 2 is 2.20 bits per heavy atom. The third kappa shape index (κ3) is 3.03. The van der Waals surface area contributed by atoms with Crippen LogP contribution in [0, 0.1) is 0 Å². The van der Waals surface area contributed by atoms with E-state index in [1.807, 2.05) is 0 Å². The summed E-state index contributed by atoms with van der Waals surface area (Å²) in [7, 11) is 1.16. The zero-order chi connectivity index (χ0) is 8.15. The molecule has 0 unspecified atom stereocenters. The van der Waals surface area contributed by atoms with Gasteiger partial charge in [0.25, 0.3) is 0 Å². The fourth-order valence-corrected chi connectivity index (χ4v) is 0.342. The molecule has 0 saturated heterocycles. The molecule has 0 heterocycles. The quantitative estimate of drug-likeness (QED) is 0.470. The van der Waals surface area contributed by atoms with Crippen molar-refractivity contribution in [2.75, 3.05) is 7.11 Å². The van der Waals surface area contributed by atoms with Crippen molar-refractivity contribution in [1.29, 1.82) is 0 Å². The summed E-state index contributed by atoms with van der Waals surface area (Å²) < 4.78 is 4.16. The summed E-state index contributed by atoms with van der Waals surface area (Å²) in [4.78, 5) is 20.5. The van der Waals surface area contributed by atoms with E-state index < -0.39 is 18.0 Å². The molecule has 0 aromatic carbocycles. The first-order valence-electron chi connectivity index (χ1n) is 2.62. The largest absolute Gasteiger partial charge is 0.469 e. The van der Waals surface area contributed by atoms with Crippen molar-refractivity contribution in [3.05, 3.63) is 0 Å². The maximum Gasteiger partial charge on any atom is 0.308 e. The lowest BCUT2D eigenvalue weighted by molar-refractivity contribution is -0.145. The highest BCUT2D eigenvalue weighted by Crippen LogP contribution is 1.91. The van der Waals surface area contributed by atoms with Gasteiger partial charge in [-0.05, 0) is 0 Å². The highest BCUT2D eigenvalue weighted by Gasteiger charge is 2.15. The molecule has 0 aliphatic carbocycles. The van der Waals surface area contributed by atoms with Gasteiger partial charge in [0, 0.05) is 0 Å². The summed E-state index contributed by atoms with van der Waals surface area (Å²) >= 11 is 0. The van der Waals surface area contributed by atoms with Crippen molar-refractivity contribution >= 4 is 11.9 Å². The number of amides is 1. The summed E-state index contributed by atoms with van der Waals surface area (Å²) in [6.45, 7) is 0. The number of aliphatic hydroxyl groups excluding tert-OH is 1. The van der Waals surface area contributed by atoms with Crippen molar-refractivity contribution in [1.82, 2.24) is 0 Å². The molecule has 0 aromatic rings. The van der Waals surface area contributed by atoms with Gasteiger partial charge < -0.3 is 15.6 Å². The molecule has 3 N–H and O–H groups in total. The molecule has 1 amide bonds. The van der Waals surface area contributed by atoms with Crippen LogP contribution in [0.1, 0.15) is 6.42 Å². The molecule has 0 aliphatic heterocycles. The lowest BCUT2D eigenvalue weighted by atomic mass is 10.2. The molecular formula is C5H9NO4. The van der Waals surface area contributed by atoms with Crippen LogP contribution < -0.4 is 5.73 Å². The average Bonchev–Trinajstić information content (AvgIpc) is 1.87. The summed E-state index contributed by atoms with van der Waals surface area (Å²) in [5, 5.41) is 8.65. The molecular weight excluding hydrogens is 138 g/mol. The van der Waals surface area contributed by atoms with Crippen molar-refractivity contribution in [3.63, 3.8) is 0 Å². The minimum absolute atomic E-state index is 0.383. The van der Waals surface area contributed by atoms with Crippen LogP contribution in [0.4, 0.5) is 0 Å². The summed E-state index contributed by atoms with van der Waals surface area (Å²) in [6.07, 6.45) is -1.82. The lowest BCUT2D eigenvalue weighted by Gasteiger charge is -2.02. The minimum atomic E-state index is -1.44. The maximum atomic E-state index is 10.3. The van der Waals surface area contributed by atoms with Crippen molar-refractivity contribution < 1.29 is 19.4 Å². The predicted octanol–water partition coefficient (Wildman–Crippen LogP) is -1.60. The Kier molecular flexibility index (Phi) is 3.42. The number of nitrogens with two attached hydrogens (primary N) is 1. The Labute approximate surface area is 57.8 Å². The summed E-state index contributed by atoms with van der Waals surface area (Å²) in [6, 6.07) is 0. The molecule has 10 heavy (non-hydrogen) atoms. The smallest absolute Gasteiger partial charge is 0.308 e. The van der Waals surface area contributed by atoms with Crippen LogP contribution in [-0.4, -0.2) is 30.2 Å². The fourth-order valence-electron chi connectivity index (χ4n) is 0.342. The van der Waals surface area contributed by atoms with Crippen LogP contribution in [0.3, 0.4) is 0 Å². The molecule has 0 fully saturated rings. The number of hydrogen-bond acceptors (Lipinski definition) is 4. The molecule has 5 nitrogen and oxygen atoms in total. The zero-order valence-electron chi connectivity index (χ0n) is 5.53. The fraction of sp³-hybridized carbons (Fsp3) is 0.600. The van der Waals surface area contributed by atoms with Gasteiger partial charge in [0.15, 0.2) is 0 Å². The number of rotatable bonds is 3. The zero-order valence-corrected chi connectivity index (χ0v) is 5.53. The Balaban J connectivity index is 3.68. The number of hydrogen-bond donors (Lipinski definition) is 2. The molecule has 0 saturated carbocycles. The van der Waals surface area contributed by atoms with Crippen LogP contribution in [0.2, 0.25) is 0 Å². The van der Waals surface area contributed by atoms with E-state index in [1.54, 1.807) is 0 Å². The van der Waals surface area contributed by atoms with Gasteiger partial charge in [0.05, 0.1) is 13.5 Å². The minimum Gasteiger partial charge on any atom is -0.469 e. The molecule has 5 heteroatoms. The Hall–Kier alpha value is -1.10. The molecule has 1 atom stereocenters. The lowest BCUT2D eigenvalue weighted by Crippen LogP contribution is -2.30. The van der Waals surface area contributed by atoms with Crippen LogP contribution in [0.25, 0.3) is 0 Å². The normalized spacial score (nSPS) is 12.2. The molecule has 58 valence electrons. The third-order valence-electron chi connectivity index (χ3n) is 0.916. The SMILES string of the molecule is COC(=O)C[C@H](O)C(N)=O. The number of esters is 1. The van der Waals surface area contributed by atoms with Gasteiger partial charge in [0.2, 0.25) is 5.91 Å². The maximum absolute atomic E-state index is 10.3. The summed E-state index contributed by atoms with van der Waals surface area (Å²) in [5.74, 6) is -1.59. The predicted molar refractivity (Wildman–Crippen MR) is 31.8 cm³/mol. The molecule has 0 aromatic heterocycles. The third-order valence-corrected chi connectivity index (χ3v) is 0.916. The van der Waals surface area contributed by atoms with E-state index in [0.29, 0.717) is 0 Å². The summed E-state index contributed by atoms with van der Waals surface area (Å²) in [5.41, 5.74) is 4.64. The van der Waals surface area contributed by atoms with E-state index in [4.69, 9.17) is 5.11 Å². The van der Waals surface area contributed by atoms with Gasteiger partial charge in [-0.3, -0.25) is 9.59 Å². The van der Waals surface area contributed by atoms with Crippen molar-refractivity contribution in [2.24, 2.45) is 5.73 Å². The van der Waals surface area contributed by atoms with Crippen LogP contribution >= 0.6 is 0 Å². The molecule has 0 aliphatic rings. The number of carbonyl (C=O) groups excluding carboxylic acids is 2. The van der Waals surface area contributed by atoms with Gasteiger partial charge in [0.1, 0.15) is 6.10 Å². The molecule has 0 bridgehead atoms. The number of methoxy groups -OCH3 is 1.